The fourth-order valence-corrected chi connectivity index (χ4v) is 2.77. The van der Waals surface area contributed by atoms with Gasteiger partial charge in [-0.1, -0.05) is 54.6 Å². The molecule has 4 rings (SSSR count). The summed E-state index contributed by atoms with van der Waals surface area (Å²) in [5.41, 5.74) is 5.83. The standard InChI is InChI=1S/C22H19N5O2/c28-22(15-27-25-19-11-5-6-12-20(19)26-27)24-23-14-18-10-4-7-13-21(18)29-16-17-8-2-1-3-9-17/h1-14H,15-16H2,(H,24,28)/b23-14+. The van der Waals surface area contributed by atoms with Crippen LogP contribution in [0, 0.1) is 0 Å². The molecule has 0 fully saturated rings. The topological polar surface area (TPSA) is 81.4 Å². The van der Waals surface area contributed by atoms with Crippen molar-refractivity contribution < 1.29 is 9.53 Å². The molecule has 0 aliphatic rings. The van der Waals surface area contributed by atoms with Crippen LogP contribution in [0.2, 0.25) is 0 Å². The molecule has 1 amide bonds. The normalized spacial score (nSPS) is 11.0. The molecule has 0 spiro atoms. The van der Waals surface area contributed by atoms with Crippen LogP contribution >= 0.6 is 0 Å². The van der Waals surface area contributed by atoms with Gasteiger partial charge in [-0.2, -0.15) is 20.1 Å². The van der Waals surface area contributed by atoms with E-state index < -0.39 is 0 Å². The van der Waals surface area contributed by atoms with Crippen molar-refractivity contribution in [2.75, 3.05) is 0 Å². The maximum Gasteiger partial charge on any atom is 0.263 e. The molecule has 0 radical (unpaired) electrons. The Morgan fingerprint density at radius 3 is 2.34 bits per heavy atom. The van der Waals surface area contributed by atoms with Gasteiger partial charge in [-0.25, -0.2) is 5.43 Å². The van der Waals surface area contributed by atoms with Crippen LogP contribution in [0.3, 0.4) is 0 Å². The number of fused-ring (bicyclic) bond motifs is 1. The molecule has 0 unspecified atom stereocenters. The number of carbonyl (C=O) groups is 1. The molecule has 7 nitrogen and oxygen atoms in total. The predicted molar refractivity (Wildman–Crippen MR) is 110 cm³/mol. The minimum atomic E-state index is -0.316. The van der Waals surface area contributed by atoms with Gasteiger partial charge >= 0.3 is 0 Å². The molecule has 0 aliphatic heterocycles. The molecule has 0 atom stereocenters. The number of aromatic nitrogens is 3. The second-order valence-corrected chi connectivity index (χ2v) is 6.32. The summed E-state index contributed by atoms with van der Waals surface area (Å²) in [4.78, 5) is 13.5. The molecule has 0 saturated carbocycles. The van der Waals surface area contributed by atoms with Crippen molar-refractivity contribution in [3.63, 3.8) is 0 Å². The zero-order chi connectivity index (χ0) is 19.9. The molecule has 0 bridgehead atoms. The van der Waals surface area contributed by atoms with Crippen molar-refractivity contribution in [2.24, 2.45) is 5.10 Å². The quantitative estimate of drug-likeness (QED) is 0.391. The Hall–Kier alpha value is -4.00. The Balaban J connectivity index is 1.35. The molecular formula is C22H19N5O2. The Morgan fingerprint density at radius 2 is 1.59 bits per heavy atom. The van der Waals surface area contributed by atoms with Gasteiger partial charge in [-0.05, 0) is 29.8 Å². The van der Waals surface area contributed by atoms with Gasteiger partial charge in [-0.15, -0.1) is 0 Å². The molecule has 29 heavy (non-hydrogen) atoms. The molecule has 3 aromatic carbocycles. The maximum atomic E-state index is 12.1. The Labute approximate surface area is 167 Å². The maximum absolute atomic E-state index is 12.1. The van der Waals surface area contributed by atoms with E-state index in [1.165, 1.54) is 4.80 Å². The summed E-state index contributed by atoms with van der Waals surface area (Å²) in [5.74, 6) is 0.374. The second kappa shape index (κ2) is 8.79. The second-order valence-electron chi connectivity index (χ2n) is 6.32. The summed E-state index contributed by atoms with van der Waals surface area (Å²) in [6, 6.07) is 24.9. The third kappa shape index (κ3) is 4.84. The summed E-state index contributed by atoms with van der Waals surface area (Å²) in [5, 5.41) is 12.6. The summed E-state index contributed by atoms with van der Waals surface area (Å²) >= 11 is 0. The van der Waals surface area contributed by atoms with E-state index >= 15 is 0 Å². The number of amides is 1. The first kappa shape index (κ1) is 18.4. The first-order valence-corrected chi connectivity index (χ1v) is 9.15. The number of ether oxygens (including phenoxy) is 1. The van der Waals surface area contributed by atoms with Crippen LogP contribution < -0.4 is 10.2 Å². The molecule has 1 aromatic heterocycles. The number of benzene rings is 3. The van der Waals surface area contributed by atoms with Gasteiger partial charge in [0.25, 0.3) is 5.91 Å². The average Bonchev–Trinajstić information content (AvgIpc) is 3.16. The molecular weight excluding hydrogens is 366 g/mol. The van der Waals surface area contributed by atoms with E-state index in [0.29, 0.717) is 12.4 Å². The van der Waals surface area contributed by atoms with Crippen LogP contribution in [-0.2, 0) is 17.9 Å². The molecule has 0 aliphatic carbocycles. The van der Waals surface area contributed by atoms with Gasteiger partial charge in [-0.3, -0.25) is 4.79 Å². The minimum absolute atomic E-state index is 0.0157. The number of rotatable bonds is 7. The van der Waals surface area contributed by atoms with Crippen molar-refractivity contribution in [1.82, 2.24) is 20.4 Å². The van der Waals surface area contributed by atoms with Gasteiger partial charge in [0.2, 0.25) is 0 Å². The number of nitrogens with one attached hydrogen (secondary N) is 1. The number of hydrogen-bond acceptors (Lipinski definition) is 5. The monoisotopic (exact) mass is 385 g/mol. The van der Waals surface area contributed by atoms with E-state index in [1.807, 2.05) is 78.9 Å². The highest BCUT2D eigenvalue weighted by atomic mass is 16.5. The highest BCUT2D eigenvalue weighted by Gasteiger charge is 2.06. The van der Waals surface area contributed by atoms with Crippen LogP contribution in [0.15, 0.2) is 84.0 Å². The van der Waals surface area contributed by atoms with E-state index in [9.17, 15) is 4.79 Å². The lowest BCUT2D eigenvalue weighted by molar-refractivity contribution is -0.122. The molecule has 7 heteroatoms. The van der Waals surface area contributed by atoms with Crippen LogP contribution in [-0.4, -0.2) is 27.1 Å². The van der Waals surface area contributed by atoms with Gasteiger partial charge < -0.3 is 4.74 Å². The Bertz CT molecular complexity index is 1110. The fourth-order valence-electron chi connectivity index (χ4n) is 2.77. The number of nitrogens with zero attached hydrogens (tertiary/aromatic N) is 4. The lowest BCUT2D eigenvalue weighted by Crippen LogP contribution is -2.24. The number of para-hydroxylation sites is 1. The van der Waals surface area contributed by atoms with Crippen LogP contribution in [0.5, 0.6) is 5.75 Å². The van der Waals surface area contributed by atoms with Gasteiger partial charge in [0.1, 0.15) is 29.9 Å². The molecule has 1 N–H and O–H groups in total. The van der Waals surface area contributed by atoms with E-state index in [4.69, 9.17) is 4.74 Å². The largest absolute Gasteiger partial charge is 0.488 e. The molecule has 4 aromatic rings. The lowest BCUT2D eigenvalue weighted by Gasteiger charge is -2.09. The highest BCUT2D eigenvalue weighted by Crippen LogP contribution is 2.17. The van der Waals surface area contributed by atoms with E-state index in [0.717, 1.165) is 22.2 Å². The Kier molecular flexibility index (Phi) is 5.57. The van der Waals surface area contributed by atoms with Gasteiger partial charge in [0.05, 0.1) is 6.21 Å². The van der Waals surface area contributed by atoms with Crippen LogP contribution in [0.25, 0.3) is 11.0 Å². The van der Waals surface area contributed by atoms with Crippen LogP contribution in [0.4, 0.5) is 0 Å². The number of hydrazone groups is 1. The molecule has 144 valence electrons. The number of carbonyl (C=O) groups excluding carboxylic acids is 1. The summed E-state index contributed by atoms with van der Waals surface area (Å²) in [7, 11) is 0. The first-order valence-electron chi connectivity index (χ1n) is 9.15. The zero-order valence-corrected chi connectivity index (χ0v) is 15.6. The zero-order valence-electron chi connectivity index (χ0n) is 15.6. The summed E-state index contributed by atoms with van der Waals surface area (Å²) in [6.45, 7) is 0.439. The van der Waals surface area contributed by atoms with Crippen molar-refractivity contribution in [3.8, 4) is 5.75 Å². The van der Waals surface area contributed by atoms with Crippen molar-refractivity contribution >= 4 is 23.2 Å². The third-order valence-corrected chi connectivity index (χ3v) is 4.16. The summed E-state index contributed by atoms with van der Waals surface area (Å²) < 4.78 is 5.88. The SMILES string of the molecule is O=C(Cn1nc2ccccc2n1)N/N=C/c1ccccc1OCc1ccccc1. The van der Waals surface area contributed by atoms with Crippen molar-refractivity contribution in [2.45, 2.75) is 13.2 Å². The molecule has 1 heterocycles. The lowest BCUT2D eigenvalue weighted by atomic mass is 10.2. The van der Waals surface area contributed by atoms with E-state index in [1.54, 1.807) is 6.21 Å². The smallest absolute Gasteiger partial charge is 0.263 e. The van der Waals surface area contributed by atoms with Gasteiger partial charge in [0.15, 0.2) is 0 Å². The van der Waals surface area contributed by atoms with E-state index in [2.05, 4.69) is 20.7 Å². The van der Waals surface area contributed by atoms with Crippen LogP contribution in [0.1, 0.15) is 11.1 Å². The minimum Gasteiger partial charge on any atom is -0.488 e. The summed E-state index contributed by atoms with van der Waals surface area (Å²) in [6.07, 6.45) is 1.56. The van der Waals surface area contributed by atoms with Crippen molar-refractivity contribution in [3.05, 3.63) is 90.0 Å². The fraction of sp³-hybridized carbons (Fsp3) is 0.0909. The Morgan fingerprint density at radius 1 is 0.931 bits per heavy atom. The van der Waals surface area contributed by atoms with E-state index in [-0.39, 0.29) is 12.5 Å². The van der Waals surface area contributed by atoms with Gasteiger partial charge in [0, 0.05) is 5.56 Å². The first-order chi connectivity index (χ1) is 14.3. The number of hydrogen-bond donors (Lipinski definition) is 1. The highest BCUT2D eigenvalue weighted by molar-refractivity contribution is 5.85. The molecule has 0 saturated heterocycles. The van der Waals surface area contributed by atoms with Crippen molar-refractivity contribution in [1.29, 1.82) is 0 Å². The average molecular weight is 385 g/mol. The third-order valence-electron chi connectivity index (χ3n) is 4.16. The predicted octanol–water partition coefficient (Wildman–Crippen LogP) is 3.16.